The van der Waals surface area contributed by atoms with Crippen LogP contribution in [0.4, 0.5) is 0 Å². The largest absolute Gasteiger partial charge is 0.360 e. The monoisotopic (exact) mass is 167 g/mol. The zero-order valence-electron chi connectivity index (χ0n) is 8.52. The van der Waals surface area contributed by atoms with Gasteiger partial charge in [-0.05, 0) is 14.0 Å². The summed E-state index contributed by atoms with van der Waals surface area (Å²) >= 11 is 0. The Kier molecular flexibility index (Phi) is 2.05. The standard InChI is InChI=1S/C8H18BNSi/c1-7-8(2)11(5,6)10(4)9(7)3/h1-6H3. The molecule has 0 amide bonds. The molecule has 0 aromatic rings. The average molecular weight is 167 g/mol. The fraction of sp³-hybridized carbons (Fsp3) is 0.750. The van der Waals surface area contributed by atoms with Crippen LogP contribution in [0.25, 0.3) is 0 Å². The SMILES string of the molecule is CB1C(C)=C(C)[Si](C)(C)N1C. The van der Waals surface area contributed by atoms with E-state index in [4.69, 9.17) is 0 Å². The van der Waals surface area contributed by atoms with Crippen LogP contribution >= 0.6 is 0 Å². The normalized spacial score (nSPS) is 25.1. The number of rotatable bonds is 0. The van der Waals surface area contributed by atoms with E-state index in [0.29, 0.717) is 6.85 Å². The summed E-state index contributed by atoms with van der Waals surface area (Å²) in [4.78, 5) is 0. The highest BCUT2D eigenvalue weighted by molar-refractivity contribution is 6.95. The maximum absolute atomic E-state index is 2.57. The molecule has 0 saturated carbocycles. The van der Waals surface area contributed by atoms with Gasteiger partial charge in [-0.2, -0.15) is 0 Å². The summed E-state index contributed by atoms with van der Waals surface area (Å²) < 4.78 is 2.57. The minimum absolute atomic E-state index is 0.677. The second-order valence-electron chi connectivity index (χ2n) is 4.15. The van der Waals surface area contributed by atoms with Crippen molar-refractivity contribution in [1.82, 2.24) is 4.48 Å². The average Bonchev–Trinajstić information content (AvgIpc) is 2.06. The molecule has 0 unspecified atom stereocenters. The van der Waals surface area contributed by atoms with Gasteiger partial charge >= 0.3 is 0 Å². The van der Waals surface area contributed by atoms with Crippen molar-refractivity contribution in [3.8, 4) is 0 Å². The van der Waals surface area contributed by atoms with Crippen molar-refractivity contribution in [2.24, 2.45) is 0 Å². The van der Waals surface area contributed by atoms with E-state index in [0.717, 1.165) is 0 Å². The van der Waals surface area contributed by atoms with E-state index < -0.39 is 8.24 Å². The molecular formula is C8H18BNSi. The molecule has 1 aliphatic rings. The highest BCUT2D eigenvalue weighted by Crippen LogP contribution is 2.31. The van der Waals surface area contributed by atoms with Gasteiger partial charge in [0.2, 0.25) is 6.85 Å². The van der Waals surface area contributed by atoms with Gasteiger partial charge in [-0.15, -0.1) is 0 Å². The molecule has 0 N–H and O–H groups in total. The van der Waals surface area contributed by atoms with Crippen LogP contribution in [0.3, 0.4) is 0 Å². The maximum atomic E-state index is 2.57. The van der Waals surface area contributed by atoms with Gasteiger partial charge in [-0.25, -0.2) is 0 Å². The van der Waals surface area contributed by atoms with Crippen molar-refractivity contribution in [1.29, 1.82) is 0 Å². The zero-order chi connectivity index (χ0) is 8.81. The third-order valence-electron chi connectivity index (χ3n) is 3.60. The number of hydrogen-bond acceptors (Lipinski definition) is 1. The van der Waals surface area contributed by atoms with Crippen molar-refractivity contribution < 1.29 is 0 Å². The van der Waals surface area contributed by atoms with Crippen LogP contribution in [-0.2, 0) is 0 Å². The molecule has 0 saturated heterocycles. The van der Waals surface area contributed by atoms with E-state index in [1.807, 2.05) is 0 Å². The van der Waals surface area contributed by atoms with Crippen molar-refractivity contribution in [3.63, 3.8) is 0 Å². The molecule has 1 heterocycles. The van der Waals surface area contributed by atoms with E-state index in [-0.39, 0.29) is 0 Å². The van der Waals surface area contributed by atoms with Crippen LogP contribution in [-0.4, -0.2) is 26.6 Å². The first-order valence-corrected chi connectivity index (χ1v) is 7.24. The summed E-state index contributed by atoms with van der Waals surface area (Å²) in [5.41, 5.74) is 1.60. The van der Waals surface area contributed by atoms with E-state index in [1.54, 1.807) is 10.7 Å². The Morgan fingerprint density at radius 2 is 1.73 bits per heavy atom. The summed E-state index contributed by atoms with van der Waals surface area (Å²) in [6.07, 6.45) is 0. The van der Waals surface area contributed by atoms with Gasteiger partial charge in [0, 0.05) is 0 Å². The molecule has 1 aliphatic heterocycles. The third-order valence-corrected chi connectivity index (χ3v) is 7.98. The first-order valence-electron chi connectivity index (χ1n) is 4.30. The molecule has 11 heavy (non-hydrogen) atoms. The van der Waals surface area contributed by atoms with Crippen LogP contribution in [0.15, 0.2) is 10.7 Å². The Labute approximate surface area is 71.7 Å². The van der Waals surface area contributed by atoms with Crippen LogP contribution < -0.4 is 0 Å². The fourth-order valence-corrected chi connectivity index (χ4v) is 4.70. The second-order valence-corrected chi connectivity index (χ2v) is 8.73. The molecular weight excluding hydrogens is 149 g/mol. The molecule has 0 aromatic carbocycles. The summed E-state index contributed by atoms with van der Waals surface area (Å²) in [6, 6.07) is 0. The van der Waals surface area contributed by atoms with E-state index >= 15 is 0 Å². The molecule has 0 atom stereocenters. The van der Waals surface area contributed by atoms with Crippen LogP contribution in [0.2, 0.25) is 19.9 Å². The minimum Gasteiger partial charge on any atom is -0.360 e. The molecule has 0 spiro atoms. The van der Waals surface area contributed by atoms with Gasteiger partial charge in [0.05, 0.1) is 0 Å². The molecule has 0 aliphatic carbocycles. The van der Waals surface area contributed by atoms with E-state index in [9.17, 15) is 0 Å². The summed E-state index contributed by atoms with van der Waals surface area (Å²) in [6.45, 7) is 12.4. The molecule has 0 bridgehead atoms. The van der Waals surface area contributed by atoms with Crippen molar-refractivity contribution in [3.05, 3.63) is 10.7 Å². The van der Waals surface area contributed by atoms with Crippen molar-refractivity contribution in [2.45, 2.75) is 33.8 Å². The highest BCUT2D eigenvalue weighted by atomic mass is 28.3. The lowest BCUT2D eigenvalue weighted by Gasteiger charge is -2.30. The lowest BCUT2D eigenvalue weighted by atomic mass is 9.59. The molecule has 1 nitrogen and oxygen atoms in total. The molecule has 0 radical (unpaired) electrons. The molecule has 0 fully saturated rings. The van der Waals surface area contributed by atoms with Gasteiger partial charge in [0.15, 0.2) is 0 Å². The molecule has 3 heteroatoms. The van der Waals surface area contributed by atoms with Crippen LogP contribution in [0, 0.1) is 0 Å². The lowest BCUT2D eigenvalue weighted by Crippen LogP contribution is -2.48. The first kappa shape index (κ1) is 9.07. The Bertz CT molecular complexity index is 210. The first-order chi connectivity index (χ1) is 4.89. The fourth-order valence-electron chi connectivity index (χ4n) is 1.83. The lowest BCUT2D eigenvalue weighted by molar-refractivity contribution is 0.800. The Morgan fingerprint density at radius 3 is 1.82 bits per heavy atom. The minimum atomic E-state index is -1.16. The van der Waals surface area contributed by atoms with Crippen molar-refractivity contribution in [2.75, 3.05) is 7.05 Å². The number of nitrogens with zero attached hydrogens (tertiary/aromatic N) is 1. The summed E-state index contributed by atoms with van der Waals surface area (Å²) in [5.74, 6) is 0. The van der Waals surface area contributed by atoms with E-state index in [1.165, 1.54) is 0 Å². The Hall–Kier alpha value is -0.0182. The number of allylic oxidation sites excluding steroid dienone is 2. The predicted molar refractivity (Wildman–Crippen MR) is 55.2 cm³/mol. The van der Waals surface area contributed by atoms with Gasteiger partial charge < -0.3 is 4.48 Å². The Morgan fingerprint density at radius 1 is 1.27 bits per heavy atom. The van der Waals surface area contributed by atoms with Gasteiger partial charge in [0.25, 0.3) is 0 Å². The Balaban J connectivity index is 3.06. The third kappa shape index (κ3) is 1.11. The van der Waals surface area contributed by atoms with Gasteiger partial charge in [-0.3, -0.25) is 0 Å². The quantitative estimate of drug-likeness (QED) is 0.500. The molecule has 62 valence electrons. The summed E-state index contributed by atoms with van der Waals surface area (Å²) in [7, 11) is 1.10. The van der Waals surface area contributed by atoms with Gasteiger partial charge in [-0.1, -0.05) is 37.5 Å². The maximum Gasteiger partial charge on any atom is 0.242 e. The predicted octanol–water partition coefficient (Wildman–Crippen LogP) is 2.17. The van der Waals surface area contributed by atoms with Crippen molar-refractivity contribution >= 4 is 15.1 Å². The van der Waals surface area contributed by atoms with Crippen LogP contribution in [0.1, 0.15) is 13.8 Å². The highest BCUT2D eigenvalue weighted by Gasteiger charge is 2.41. The smallest absolute Gasteiger partial charge is 0.242 e. The number of hydrogen-bond donors (Lipinski definition) is 0. The zero-order valence-corrected chi connectivity index (χ0v) is 9.52. The van der Waals surface area contributed by atoms with E-state index in [2.05, 4.69) is 45.3 Å². The van der Waals surface area contributed by atoms with Crippen LogP contribution in [0.5, 0.6) is 0 Å². The second kappa shape index (κ2) is 2.49. The van der Waals surface area contributed by atoms with Gasteiger partial charge in [0.1, 0.15) is 8.24 Å². The molecule has 0 aromatic heterocycles. The topological polar surface area (TPSA) is 3.24 Å². The molecule has 1 rings (SSSR count). The summed E-state index contributed by atoms with van der Waals surface area (Å²) in [5, 5.41) is 1.67.